The number of hydrogen-bond acceptors (Lipinski definition) is 4. The van der Waals surface area contributed by atoms with Gasteiger partial charge in [0.05, 0.1) is 11.9 Å². The number of carbonyl (C=O) groups is 2. The smallest absolute Gasteiger partial charge is 0.244 e. The third-order valence-electron chi connectivity index (χ3n) is 10.2. The summed E-state index contributed by atoms with van der Waals surface area (Å²) >= 11 is 0. The third kappa shape index (κ3) is 6.41. The SMILES string of the molecule is CNC(=O)[C@@H](Cc1ccccc1)N(Cc1ccccc1)C(=O)CN(c1ccc(C23CC4CC(CC(C4)C2)C3)cc1)S(C)(=O)=O. The van der Waals surface area contributed by atoms with E-state index in [0.717, 1.165) is 35.1 Å². The highest BCUT2D eigenvalue weighted by Gasteiger charge is 2.51. The Morgan fingerprint density at radius 3 is 1.84 bits per heavy atom. The Morgan fingerprint density at radius 1 is 0.818 bits per heavy atom. The van der Waals surface area contributed by atoms with Gasteiger partial charge in [0, 0.05) is 20.0 Å². The highest BCUT2D eigenvalue weighted by Crippen LogP contribution is 2.60. The molecule has 0 saturated heterocycles. The molecule has 0 unspecified atom stereocenters. The van der Waals surface area contributed by atoms with Crippen LogP contribution < -0.4 is 9.62 Å². The average Bonchev–Trinajstić information content (AvgIpc) is 3.01. The normalized spacial score (nSPS) is 24.5. The topological polar surface area (TPSA) is 86.8 Å². The lowest BCUT2D eigenvalue weighted by molar-refractivity contribution is -0.139. The lowest BCUT2D eigenvalue weighted by Crippen LogP contribution is -2.52. The molecule has 3 aromatic rings. The van der Waals surface area contributed by atoms with Crippen molar-refractivity contribution in [2.45, 2.75) is 62.9 Å². The van der Waals surface area contributed by atoms with E-state index in [1.54, 1.807) is 7.05 Å². The number of sulfonamides is 1. The van der Waals surface area contributed by atoms with Crippen LogP contribution in [0, 0.1) is 17.8 Å². The van der Waals surface area contributed by atoms with Gasteiger partial charge in [0.15, 0.2) is 0 Å². The summed E-state index contributed by atoms with van der Waals surface area (Å²) in [6, 6.07) is 26.1. The van der Waals surface area contributed by atoms with Crippen LogP contribution in [-0.4, -0.2) is 51.0 Å². The molecule has 232 valence electrons. The Kier molecular flexibility index (Phi) is 8.55. The van der Waals surface area contributed by atoms with Gasteiger partial charge in [-0.1, -0.05) is 72.8 Å². The minimum absolute atomic E-state index is 0.174. The minimum Gasteiger partial charge on any atom is -0.357 e. The lowest BCUT2D eigenvalue weighted by Gasteiger charge is -2.57. The third-order valence-corrected chi connectivity index (χ3v) is 11.3. The second-order valence-electron chi connectivity index (χ2n) is 13.3. The zero-order valence-electron chi connectivity index (χ0n) is 25.7. The van der Waals surface area contributed by atoms with Crippen molar-refractivity contribution in [1.82, 2.24) is 10.2 Å². The van der Waals surface area contributed by atoms with Crippen LogP contribution >= 0.6 is 0 Å². The van der Waals surface area contributed by atoms with Crippen molar-refractivity contribution in [2.24, 2.45) is 17.8 Å². The molecule has 8 heteroatoms. The summed E-state index contributed by atoms with van der Waals surface area (Å²) in [5, 5.41) is 2.72. The molecule has 0 aliphatic heterocycles. The molecule has 7 nitrogen and oxygen atoms in total. The Labute approximate surface area is 261 Å². The van der Waals surface area contributed by atoms with Gasteiger partial charge >= 0.3 is 0 Å². The van der Waals surface area contributed by atoms with Crippen LogP contribution in [0.2, 0.25) is 0 Å². The maximum absolute atomic E-state index is 14.2. The summed E-state index contributed by atoms with van der Waals surface area (Å²) < 4.78 is 27.5. The van der Waals surface area contributed by atoms with E-state index in [1.165, 1.54) is 53.3 Å². The highest BCUT2D eigenvalue weighted by atomic mass is 32.2. The van der Waals surface area contributed by atoms with Gasteiger partial charge in [0.2, 0.25) is 21.8 Å². The van der Waals surface area contributed by atoms with E-state index < -0.39 is 28.5 Å². The van der Waals surface area contributed by atoms with E-state index in [4.69, 9.17) is 0 Å². The van der Waals surface area contributed by atoms with Crippen LogP contribution in [0.4, 0.5) is 5.69 Å². The summed E-state index contributed by atoms with van der Waals surface area (Å²) in [7, 11) is -2.25. The fraction of sp³-hybridized carbons (Fsp3) is 0.444. The predicted octanol–water partition coefficient (Wildman–Crippen LogP) is 5.31. The van der Waals surface area contributed by atoms with Crippen LogP contribution in [0.3, 0.4) is 0 Å². The maximum Gasteiger partial charge on any atom is 0.244 e. The summed E-state index contributed by atoms with van der Waals surface area (Å²) in [4.78, 5) is 29.0. The highest BCUT2D eigenvalue weighted by molar-refractivity contribution is 7.92. The summed E-state index contributed by atoms with van der Waals surface area (Å²) in [6.45, 7) is -0.224. The first-order valence-corrected chi connectivity index (χ1v) is 17.7. The molecule has 0 spiro atoms. The molecule has 4 aliphatic carbocycles. The monoisotopic (exact) mass is 613 g/mol. The van der Waals surface area contributed by atoms with Crippen molar-refractivity contribution < 1.29 is 18.0 Å². The molecule has 0 radical (unpaired) electrons. The zero-order chi connectivity index (χ0) is 30.9. The number of rotatable bonds is 11. The minimum atomic E-state index is -3.80. The molecule has 4 aliphatic rings. The largest absolute Gasteiger partial charge is 0.357 e. The first kappa shape index (κ1) is 30.4. The quantitative estimate of drug-likeness (QED) is 0.318. The van der Waals surface area contributed by atoms with Gasteiger partial charge in [-0.2, -0.15) is 0 Å². The van der Waals surface area contributed by atoms with Crippen molar-refractivity contribution in [3.8, 4) is 0 Å². The second kappa shape index (κ2) is 12.4. The molecule has 4 bridgehead atoms. The lowest BCUT2D eigenvalue weighted by atomic mass is 9.48. The molecule has 0 aromatic heterocycles. The van der Waals surface area contributed by atoms with E-state index in [9.17, 15) is 18.0 Å². The molecule has 4 fully saturated rings. The van der Waals surface area contributed by atoms with Crippen molar-refractivity contribution >= 4 is 27.5 Å². The van der Waals surface area contributed by atoms with Gasteiger partial charge in [-0.15, -0.1) is 0 Å². The van der Waals surface area contributed by atoms with E-state index >= 15 is 0 Å². The Balaban J connectivity index is 1.28. The van der Waals surface area contributed by atoms with E-state index in [0.29, 0.717) is 12.1 Å². The number of carbonyl (C=O) groups excluding carboxylic acids is 2. The van der Waals surface area contributed by atoms with Gasteiger partial charge in [-0.3, -0.25) is 13.9 Å². The summed E-state index contributed by atoms with van der Waals surface area (Å²) in [5.41, 5.74) is 3.73. The van der Waals surface area contributed by atoms with Crippen LogP contribution in [0.25, 0.3) is 0 Å². The Hall–Kier alpha value is -3.65. The molecule has 4 saturated carbocycles. The predicted molar refractivity (Wildman–Crippen MR) is 173 cm³/mol. The van der Waals surface area contributed by atoms with Gasteiger partial charge in [-0.05, 0) is 90.5 Å². The number of benzene rings is 3. The summed E-state index contributed by atoms with van der Waals surface area (Å²) in [5.74, 6) is 1.69. The Bertz CT molecular complexity index is 1540. The molecule has 3 aromatic carbocycles. The fourth-order valence-corrected chi connectivity index (χ4v) is 9.41. The van der Waals surface area contributed by atoms with Gasteiger partial charge < -0.3 is 10.2 Å². The second-order valence-corrected chi connectivity index (χ2v) is 15.2. The van der Waals surface area contributed by atoms with E-state index in [1.807, 2.05) is 72.8 Å². The standard InChI is InChI=1S/C36H43N3O4S/c1-37-35(41)33(20-26-9-5-3-6-10-26)38(24-27-11-7-4-8-12-27)34(40)25-39(44(2,42)43)32-15-13-31(14-16-32)36-21-28-17-29(22-36)19-30(18-28)23-36/h3-16,28-30,33H,17-25H2,1-2H3,(H,37,41)/t28?,29?,30?,33-,36?/m1/s1. The molecular weight excluding hydrogens is 570 g/mol. The number of likely N-dealkylation sites (N-methyl/N-ethyl adjacent to an activating group) is 1. The molecule has 7 rings (SSSR count). The van der Waals surface area contributed by atoms with E-state index in [2.05, 4.69) is 17.4 Å². The van der Waals surface area contributed by atoms with Crippen LogP contribution in [0.5, 0.6) is 0 Å². The number of nitrogens with one attached hydrogen (secondary N) is 1. The molecule has 1 N–H and O–H groups in total. The van der Waals surface area contributed by atoms with Crippen molar-refractivity contribution in [1.29, 1.82) is 0 Å². The molecule has 44 heavy (non-hydrogen) atoms. The first-order chi connectivity index (χ1) is 21.1. The van der Waals surface area contributed by atoms with Crippen molar-refractivity contribution in [2.75, 3.05) is 24.2 Å². The number of anilines is 1. The number of amides is 2. The van der Waals surface area contributed by atoms with Crippen molar-refractivity contribution in [3.63, 3.8) is 0 Å². The van der Waals surface area contributed by atoms with Gasteiger partial charge in [0.1, 0.15) is 12.6 Å². The zero-order valence-corrected chi connectivity index (χ0v) is 26.5. The van der Waals surface area contributed by atoms with E-state index in [-0.39, 0.29) is 17.9 Å². The van der Waals surface area contributed by atoms with Gasteiger partial charge in [-0.25, -0.2) is 8.42 Å². The Morgan fingerprint density at radius 2 is 1.34 bits per heavy atom. The van der Waals surface area contributed by atoms with Gasteiger partial charge in [0.25, 0.3) is 0 Å². The molecule has 0 heterocycles. The molecule has 1 atom stereocenters. The molecular formula is C36H43N3O4S. The van der Waals surface area contributed by atoms with Crippen LogP contribution in [0.1, 0.15) is 55.2 Å². The van der Waals surface area contributed by atoms with Crippen LogP contribution in [0.15, 0.2) is 84.9 Å². The first-order valence-electron chi connectivity index (χ1n) is 15.8. The van der Waals surface area contributed by atoms with Crippen LogP contribution in [-0.2, 0) is 38.0 Å². The number of nitrogens with zero attached hydrogens (tertiary/aromatic N) is 2. The maximum atomic E-state index is 14.2. The molecule has 2 amide bonds. The van der Waals surface area contributed by atoms with Crippen molar-refractivity contribution in [3.05, 3.63) is 102 Å². The average molecular weight is 614 g/mol. The fourth-order valence-electron chi connectivity index (χ4n) is 8.56. The number of hydrogen-bond donors (Lipinski definition) is 1. The summed E-state index contributed by atoms with van der Waals surface area (Å²) in [6.07, 6.45) is 9.20.